The molecule has 176 valence electrons. The Kier molecular flexibility index (Phi) is 6.36. The molecule has 2 amide bonds. The molecule has 0 saturated carbocycles. The molecule has 2 aliphatic heterocycles. The molecule has 0 bridgehead atoms. The van der Waals surface area contributed by atoms with Gasteiger partial charge in [-0.25, -0.2) is 13.4 Å². The Balaban J connectivity index is 1.44. The van der Waals surface area contributed by atoms with E-state index in [0.29, 0.717) is 19.5 Å². The van der Waals surface area contributed by atoms with Crippen molar-refractivity contribution >= 4 is 44.8 Å². The number of aromatic nitrogens is 2. The first-order chi connectivity index (χ1) is 15.7. The molecule has 1 aromatic carbocycles. The average molecular weight is 474 g/mol. The number of hydrogen-bond donors (Lipinski definition) is 3. The van der Waals surface area contributed by atoms with Crippen molar-refractivity contribution in [3.05, 3.63) is 36.0 Å². The van der Waals surface area contributed by atoms with Crippen molar-refractivity contribution < 1.29 is 18.0 Å². The van der Waals surface area contributed by atoms with Crippen molar-refractivity contribution in [1.82, 2.24) is 14.9 Å². The van der Waals surface area contributed by atoms with Crippen LogP contribution in [0.15, 0.2) is 30.5 Å². The fourth-order valence-corrected chi connectivity index (χ4v) is 5.67. The maximum atomic E-state index is 11.8. The van der Waals surface area contributed by atoms with Crippen LogP contribution in [0.2, 0.25) is 0 Å². The van der Waals surface area contributed by atoms with E-state index in [1.165, 1.54) is 6.20 Å². The Morgan fingerprint density at radius 1 is 1.12 bits per heavy atom. The number of rotatable bonds is 6. The second-order valence-corrected chi connectivity index (χ2v) is 10.5. The van der Waals surface area contributed by atoms with E-state index in [1.807, 2.05) is 29.2 Å². The Morgan fingerprint density at radius 3 is 2.39 bits per heavy atom. The van der Waals surface area contributed by atoms with Gasteiger partial charge in [-0.3, -0.25) is 9.59 Å². The number of nitrogens with two attached hydrogens (primary N) is 1. The third kappa shape index (κ3) is 5.51. The Morgan fingerprint density at radius 2 is 1.82 bits per heavy atom. The first kappa shape index (κ1) is 22.8. The van der Waals surface area contributed by atoms with Crippen LogP contribution >= 0.6 is 0 Å². The second-order valence-electron chi connectivity index (χ2n) is 8.23. The summed E-state index contributed by atoms with van der Waals surface area (Å²) in [5.74, 6) is -0.0458. The molecule has 33 heavy (non-hydrogen) atoms. The number of sulfone groups is 1. The second kappa shape index (κ2) is 9.22. The number of carbonyl (C=O) groups excluding carboxylic acids is 2. The number of benzene rings is 1. The monoisotopic (exact) mass is 473 g/mol. The van der Waals surface area contributed by atoms with E-state index in [4.69, 9.17) is 5.73 Å². The Labute approximate surface area is 192 Å². The fraction of sp³-hybridized carbons (Fsp3) is 0.429. The summed E-state index contributed by atoms with van der Waals surface area (Å²) in [5, 5.41) is 6.13. The van der Waals surface area contributed by atoms with E-state index in [1.54, 1.807) is 6.92 Å². The number of nitrogens with one attached hydrogen (secondary N) is 2. The summed E-state index contributed by atoms with van der Waals surface area (Å²) in [7, 11) is -3.09. The summed E-state index contributed by atoms with van der Waals surface area (Å²) in [6, 6.07) is 7.42. The van der Waals surface area contributed by atoms with Crippen LogP contribution in [0, 0.1) is 0 Å². The highest BCUT2D eigenvalue weighted by molar-refractivity contribution is 7.91. The zero-order valence-electron chi connectivity index (χ0n) is 18.3. The van der Waals surface area contributed by atoms with Crippen LogP contribution in [0.3, 0.4) is 0 Å². The lowest BCUT2D eigenvalue weighted by atomic mass is 10.2. The number of piperazine rings is 1. The Hall–Kier alpha value is -3.41. The van der Waals surface area contributed by atoms with E-state index in [9.17, 15) is 18.0 Å². The molecular weight excluding hydrogens is 446 g/mol. The normalized spacial score (nSPS) is 19.8. The van der Waals surface area contributed by atoms with Crippen LogP contribution in [0.25, 0.3) is 0 Å². The largest absolute Gasteiger partial charge is 0.368 e. The molecular formula is C21H27N7O4S. The van der Waals surface area contributed by atoms with Gasteiger partial charge in [-0.2, -0.15) is 4.98 Å². The molecule has 2 saturated heterocycles. The van der Waals surface area contributed by atoms with Crippen LogP contribution in [0.5, 0.6) is 0 Å². The lowest BCUT2D eigenvalue weighted by molar-refractivity contribution is -0.129. The van der Waals surface area contributed by atoms with Gasteiger partial charge in [-0.1, -0.05) is 0 Å². The van der Waals surface area contributed by atoms with Gasteiger partial charge in [-0.15, -0.1) is 0 Å². The van der Waals surface area contributed by atoms with Crippen LogP contribution in [0.4, 0.5) is 23.1 Å². The number of anilines is 4. The average Bonchev–Trinajstić information content (AvgIpc) is 3.12. The van der Waals surface area contributed by atoms with Crippen molar-refractivity contribution in [2.45, 2.75) is 19.4 Å². The number of primary amides is 1. The maximum absolute atomic E-state index is 11.8. The molecule has 3 heterocycles. The summed E-state index contributed by atoms with van der Waals surface area (Å²) < 4.78 is 23.5. The van der Waals surface area contributed by atoms with E-state index in [2.05, 4.69) is 25.5 Å². The van der Waals surface area contributed by atoms with E-state index in [-0.39, 0.29) is 40.8 Å². The highest BCUT2D eigenvalue weighted by Gasteiger charge is 2.29. The van der Waals surface area contributed by atoms with Gasteiger partial charge in [0.25, 0.3) is 5.91 Å². The predicted molar refractivity (Wildman–Crippen MR) is 125 cm³/mol. The van der Waals surface area contributed by atoms with Crippen LogP contribution < -0.4 is 21.3 Å². The smallest absolute Gasteiger partial charge is 0.254 e. The molecule has 2 fully saturated rings. The molecule has 1 aromatic heterocycles. The molecule has 4 N–H and O–H groups in total. The first-order valence-corrected chi connectivity index (χ1v) is 12.5. The maximum Gasteiger partial charge on any atom is 0.254 e. The molecule has 1 atom stereocenters. The summed E-state index contributed by atoms with van der Waals surface area (Å²) in [5.41, 5.74) is 7.34. The van der Waals surface area contributed by atoms with Gasteiger partial charge in [-0.05, 0) is 30.7 Å². The number of carbonyl (C=O) groups is 2. The minimum absolute atomic E-state index is 0.0138. The van der Waals surface area contributed by atoms with Gasteiger partial charge in [0, 0.05) is 56.7 Å². The lowest BCUT2D eigenvalue weighted by Crippen LogP contribution is -2.48. The molecule has 2 aromatic rings. The van der Waals surface area contributed by atoms with Crippen molar-refractivity contribution in [1.29, 1.82) is 0 Å². The zero-order valence-corrected chi connectivity index (χ0v) is 19.1. The van der Waals surface area contributed by atoms with E-state index < -0.39 is 15.7 Å². The van der Waals surface area contributed by atoms with Gasteiger partial charge in [0.1, 0.15) is 5.82 Å². The Bertz CT molecular complexity index is 1150. The lowest BCUT2D eigenvalue weighted by Gasteiger charge is -2.35. The van der Waals surface area contributed by atoms with Gasteiger partial charge in [0.15, 0.2) is 9.84 Å². The minimum Gasteiger partial charge on any atom is -0.368 e. The number of amides is 2. The van der Waals surface area contributed by atoms with Gasteiger partial charge in [0.05, 0.1) is 17.1 Å². The molecule has 2 aliphatic rings. The summed E-state index contributed by atoms with van der Waals surface area (Å²) >= 11 is 0. The summed E-state index contributed by atoms with van der Waals surface area (Å²) in [6.45, 7) is 4.54. The molecule has 11 nitrogen and oxygen atoms in total. The predicted octanol–water partition coefficient (Wildman–Crippen LogP) is 0.587. The van der Waals surface area contributed by atoms with E-state index >= 15 is 0 Å². The third-order valence-corrected chi connectivity index (χ3v) is 7.61. The zero-order chi connectivity index (χ0) is 23.6. The standard InChI is InChI=1S/C21H27N7O4S/c1-14(29)27-7-9-28(10-8-27)17-4-2-15(3-5-17)25-21-23-12-18(19(22)30)20(26-21)24-16-6-11-33(31,32)13-16/h2-5,12,16H,6-11,13H2,1H3,(H2,22,30)(H2,23,24,25,26). The van der Waals surface area contributed by atoms with Crippen molar-refractivity contribution in [3.8, 4) is 0 Å². The highest BCUT2D eigenvalue weighted by Crippen LogP contribution is 2.24. The van der Waals surface area contributed by atoms with Crippen LogP contribution in [-0.4, -0.2) is 78.8 Å². The van der Waals surface area contributed by atoms with Crippen molar-refractivity contribution in [3.63, 3.8) is 0 Å². The fourth-order valence-electron chi connectivity index (χ4n) is 4.00. The van der Waals surface area contributed by atoms with Crippen molar-refractivity contribution in [2.75, 3.05) is 53.2 Å². The molecule has 12 heteroatoms. The van der Waals surface area contributed by atoms with Crippen LogP contribution in [0.1, 0.15) is 23.7 Å². The number of hydrogen-bond acceptors (Lipinski definition) is 9. The topological polar surface area (TPSA) is 151 Å². The van der Waals surface area contributed by atoms with Crippen molar-refractivity contribution in [2.24, 2.45) is 5.73 Å². The minimum atomic E-state index is -3.09. The van der Waals surface area contributed by atoms with Gasteiger partial charge >= 0.3 is 0 Å². The van der Waals surface area contributed by atoms with E-state index in [0.717, 1.165) is 24.5 Å². The molecule has 0 aliphatic carbocycles. The van der Waals surface area contributed by atoms with Crippen LogP contribution in [-0.2, 0) is 14.6 Å². The van der Waals surface area contributed by atoms with Gasteiger partial charge in [0.2, 0.25) is 11.9 Å². The highest BCUT2D eigenvalue weighted by atomic mass is 32.2. The molecule has 0 radical (unpaired) electrons. The first-order valence-electron chi connectivity index (χ1n) is 10.7. The summed E-state index contributed by atoms with van der Waals surface area (Å²) in [4.78, 5) is 35.9. The molecule has 0 spiro atoms. The summed E-state index contributed by atoms with van der Waals surface area (Å²) in [6.07, 6.45) is 1.77. The number of nitrogens with zero attached hydrogens (tertiary/aromatic N) is 4. The van der Waals surface area contributed by atoms with Gasteiger partial charge < -0.3 is 26.2 Å². The third-order valence-electron chi connectivity index (χ3n) is 5.84. The molecule has 1 unspecified atom stereocenters. The SMILES string of the molecule is CC(=O)N1CCN(c2ccc(Nc3ncc(C(N)=O)c(NC4CCS(=O)(=O)C4)n3)cc2)CC1. The quantitative estimate of drug-likeness (QED) is 0.547. The molecule has 4 rings (SSSR count).